The second kappa shape index (κ2) is 15.7. The van der Waals surface area contributed by atoms with Crippen molar-refractivity contribution in [2.75, 3.05) is 19.6 Å². The molecule has 5 rings (SSSR count). The van der Waals surface area contributed by atoms with E-state index < -0.39 is 12.1 Å². The van der Waals surface area contributed by atoms with E-state index in [-0.39, 0.29) is 29.7 Å². The van der Waals surface area contributed by atoms with Crippen molar-refractivity contribution >= 4 is 17.8 Å². The Morgan fingerprint density at radius 2 is 1.54 bits per heavy atom. The topological polar surface area (TPSA) is 133 Å². The monoisotopic (exact) mass is 618 g/mol. The van der Waals surface area contributed by atoms with Gasteiger partial charge in [0.15, 0.2) is 5.96 Å². The van der Waals surface area contributed by atoms with Gasteiger partial charge >= 0.3 is 0 Å². The Labute approximate surface area is 270 Å². The zero-order valence-electron chi connectivity index (χ0n) is 26.1. The number of ether oxygens (including phenoxy) is 1. The van der Waals surface area contributed by atoms with E-state index in [1.807, 2.05) is 84.6 Å². The number of nitrogens with two attached hydrogens (primary N) is 1. The zero-order chi connectivity index (χ0) is 32.3. The lowest BCUT2D eigenvalue weighted by Crippen LogP contribution is -2.60. The second-order valence-electron chi connectivity index (χ2n) is 11.5. The fourth-order valence-electron chi connectivity index (χ4n) is 5.92. The molecule has 3 atom stereocenters. The Morgan fingerprint density at radius 1 is 0.935 bits per heavy atom. The zero-order valence-corrected chi connectivity index (χ0v) is 26.1. The number of hydrogen-bond acceptors (Lipinski definition) is 5. The molecule has 4 aromatic rings. The highest BCUT2D eigenvalue weighted by Crippen LogP contribution is 2.27. The summed E-state index contributed by atoms with van der Waals surface area (Å²) in [6.45, 7) is 3.28. The lowest BCUT2D eigenvalue weighted by Gasteiger charge is -2.33. The first-order valence-electron chi connectivity index (χ1n) is 15.8. The van der Waals surface area contributed by atoms with Crippen LogP contribution >= 0.6 is 0 Å². The van der Waals surface area contributed by atoms with Gasteiger partial charge in [0.05, 0.1) is 6.04 Å². The van der Waals surface area contributed by atoms with Crippen LogP contribution < -0.4 is 26.4 Å². The normalized spacial score (nSPS) is 17.2. The van der Waals surface area contributed by atoms with Crippen molar-refractivity contribution < 1.29 is 14.3 Å². The third-order valence-electron chi connectivity index (χ3n) is 8.31. The van der Waals surface area contributed by atoms with Crippen molar-refractivity contribution in [3.05, 3.63) is 132 Å². The molecule has 238 valence electrons. The Kier molecular flexibility index (Phi) is 11.0. The molecule has 0 bridgehead atoms. The number of benzene rings is 4. The van der Waals surface area contributed by atoms with Crippen molar-refractivity contribution in [1.29, 1.82) is 5.41 Å². The first-order chi connectivity index (χ1) is 22.4. The van der Waals surface area contributed by atoms with Crippen molar-refractivity contribution in [1.82, 2.24) is 20.9 Å². The van der Waals surface area contributed by atoms with Crippen LogP contribution in [0.4, 0.5) is 0 Å². The standard InChI is InChI=1S/C37H42N6O3/c1-2-33(42-37(38)39)34-36(45)43(25-32(26-13-6-3-7-14-26)27-15-8-4-9-16-27)22-21-29(41-34)24-40-35(44)28-17-12-20-31(23-28)46-30-18-10-5-11-19-30/h3-20,23,29,32-34,41H,2,21-22,24-25H2,1H3,(H,40,44)(H4,38,39,42)/t29-,33?,34-/m0/s1. The molecule has 9 heteroatoms. The maximum Gasteiger partial charge on any atom is 0.251 e. The number of nitrogens with one attached hydrogen (secondary N) is 4. The molecule has 1 unspecified atom stereocenters. The van der Waals surface area contributed by atoms with Gasteiger partial charge in [0.1, 0.15) is 17.5 Å². The van der Waals surface area contributed by atoms with Gasteiger partial charge in [-0.25, -0.2) is 0 Å². The van der Waals surface area contributed by atoms with Gasteiger partial charge in [-0.05, 0) is 54.3 Å². The summed E-state index contributed by atoms with van der Waals surface area (Å²) in [4.78, 5) is 29.4. The van der Waals surface area contributed by atoms with E-state index in [9.17, 15) is 9.59 Å². The van der Waals surface area contributed by atoms with Crippen LogP contribution in [0.15, 0.2) is 115 Å². The van der Waals surface area contributed by atoms with Crippen LogP contribution in [0.25, 0.3) is 0 Å². The Balaban J connectivity index is 1.32. The van der Waals surface area contributed by atoms with Gasteiger partial charge in [0.25, 0.3) is 5.91 Å². The van der Waals surface area contributed by atoms with E-state index in [0.29, 0.717) is 49.5 Å². The van der Waals surface area contributed by atoms with E-state index in [4.69, 9.17) is 15.9 Å². The highest BCUT2D eigenvalue weighted by molar-refractivity contribution is 5.94. The largest absolute Gasteiger partial charge is 0.457 e. The van der Waals surface area contributed by atoms with E-state index in [1.165, 1.54) is 0 Å². The quantitative estimate of drug-likeness (QED) is 0.114. The third-order valence-corrected chi connectivity index (χ3v) is 8.31. The highest BCUT2D eigenvalue weighted by Gasteiger charge is 2.37. The van der Waals surface area contributed by atoms with Crippen molar-refractivity contribution in [3.8, 4) is 11.5 Å². The summed E-state index contributed by atoms with van der Waals surface area (Å²) in [6, 6.07) is 35.7. The number of nitrogens with zero attached hydrogens (tertiary/aromatic N) is 1. The number of amides is 2. The minimum absolute atomic E-state index is 0.0190. The molecule has 2 amide bonds. The number of hydrogen-bond donors (Lipinski definition) is 5. The second-order valence-corrected chi connectivity index (χ2v) is 11.5. The van der Waals surface area contributed by atoms with Gasteiger partial charge in [-0.2, -0.15) is 0 Å². The molecule has 1 heterocycles. The van der Waals surface area contributed by atoms with Gasteiger partial charge in [-0.3, -0.25) is 20.3 Å². The third kappa shape index (κ3) is 8.51. The Hall–Kier alpha value is -5.15. The number of carbonyl (C=O) groups is 2. The molecule has 0 saturated carbocycles. The van der Waals surface area contributed by atoms with Crippen LogP contribution in [-0.2, 0) is 4.79 Å². The van der Waals surface area contributed by atoms with Gasteiger partial charge in [0, 0.05) is 37.2 Å². The van der Waals surface area contributed by atoms with Crippen molar-refractivity contribution in [3.63, 3.8) is 0 Å². The molecule has 9 nitrogen and oxygen atoms in total. The molecule has 0 radical (unpaired) electrons. The van der Waals surface area contributed by atoms with Crippen LogP contribution in [0, 0.1) is 5.41 Å². The number of rotatable bonds is 12. The van der Waals surface area contributed by atoms with Crippen LogP contribution in [0.3, 0.4) is 0 Å². The molecule has 1 saturated heterocycles. The predicted octanol–water partition coefficient (Wildman–Crippen LogP) is 4.86. The Bertz CT molecular complexity index is 1550. The maximum absolute atomic E-state index is 14.2. The minimum atomic E-state index is -0.645. The maximum atomic E-state index is 14.2. The molecule has 1 aliphatic heterocycles. The summed E-state index contributed by atoms with van der Waals surface area (Å²) < 4.78 is 5.91. The number of guanidine groups is 1. The van der Waals surface area contributed by atoms with Gasteiger partial charge < -0.3 is 26.0 Å². The first kappa shape index (κ1) is 32.2. The van der Waals surface area contributed by atoms with E-state index in [0.717, 1.165) is 11.1 Å². The molecule has 0 spiro atoms. The van der Waals surface area contributed by atoms with Gasteiger partial charge in [-0.15, -0.1) is 0 Å². The summed E-state index contributed by atoms with van der Waals surface area (Å²) in [6.07, 6.45) is 1.21. The molecule has 46 heavy (non-hydrogen) atoms. The van der Waals surface area contributed by atoms with E-state index in [1.54, 1.807) is 18.2 Å². The smallest absolute Gasteiger partial charge is 0.251 e. The van der Waals surface area contributed by atoms with E-state index in [2.05, 4.69) is 40.2 Å². The lowest BCUT2D eigenvalue weighted by atomic mass is 9.90. The molecular weight excluding hydrogens is 576 g/mol. The fraction of sp³-hybridized carbons (Fsp3) is 0.270. The average molecular weight is 619 g/mol. The van der Waals surface area contributed by atoms with Gasteiger partial charge in [0.2, 0.25) is 5.91 Å². The summed E-state index contributed by atoms with van der Waals surface area (Å²) in [5.74, 6) is 0.763. The molecule has 1 aliphatic rings. The fourth-order valence-corrected chi connectivity index (χ4v) is 5.92. The Morgan fingerprint density at radius 3 is 2.15 bits per heavy atom. The van der Waals surface area contributed by atoms with Crippen LogP contribution in [0.5, 0.6) is 11.5 Å². The SMILES string of the molecule is CCC(NC(=N)N)[C@@H]1N[C@H](CNC(=O)c2cccc(Oc3ccccc3)c2)CCN(CC(c2ccccc2)c2ccccc2)C1=O. The van der Waals surface area contributed by atoms with E-state index >= 15 is 0 Å². The summed E-state index contributed by atoms with van der Waals surface area (Å²) >= 11 is 0. The molecule has 0 aromatic heterocycles. The summed E-state index contributed by atoms with van der Waals surface area (Å²) in [5, 5.41) is 17.4. The molecule has 4 aromatic carbocycles. The average Bonchev–Trinajstić information content (AvgIpc) is 3.24. The van der Waals surface area contributed by atoms with Crippen molar-refractivity contribution in [2.24, 2.45) is 5.73 Å². The first-order valence-corrected chi connectivity index (χ1v) is 15.8. The lowest BCUT2D eigenvalue weighted by molar-refractivity contribution is -0.133. The molecule has 1 fully saturated rings. The minimum Gasteiger partial charge on any atom is -0.457 e. The summed E-state index contributed by atoms with van der Waals surface area (Å²) in [7, 11) is 0. The van der Waals surface area contributed by atoms with Gasteiger partial charge in [-0.1, -0.05) is 91.9 Å². The molecule has 0 aliphatic carbocycles. The van der Waals surface area contributed by atoms with Crippen LogP contribution in [-0.4, -0.2) is 60.4 Å². The number of para-hydroxylation sites is 1. The molecule has 6 N–H and O–H groups in total. The number of carbonyl (C=O) groups excluding carboxylic acids is 2. The predicted molar refractivity (Wildman–Crippen MR) is 181 cm³/mol. The molecular formula is C37H42N6O3. The highest BCUT2D eigenvalue weighted by atomic mass is 16.5. The van der Waals surface area contributed by atoms with Crippen LogP contribution in [0.1, 0.15) is 47.2 Å². The van der Waals surface area contributed by atoms with Crippen LogP contribution in [0.2, 0.25) is 0 Å². The summed E-state index contributed by atoms with van der Waals surface area (Å²) in [5.41, 5.74) is 8.48. The van der Waals surface area contributed by atoms with Crippen molar-refractivity contribution in [2.45, 2.75) is 43.8 Å².